The van der Waals surface area contributed by atoms with Gasteiger partial charge in [-0.3, -0.25) is 0 Å². The predicted molar refractivity (Wildman–Crippen MR) is 64.2 cm³/mol. The van der Waals surface area contributed by atoms with Crippen molar-refractivity contribution in [2.45, 2.75) is 13.0 Å². The van der Waals surface area contributed by atoms with Gasteiger partial charge in [0.05, 0.1) is 0 Å². The molecule has 2 rings (SSSR count). The van der Waals surface area contributed by atoms with E-state index in [0.29, 0.717) is 12.7 Å². The van der Waals surface area contributed by atoms with E-state index in [9.17, 15) is 0 Å². The summed E-state index contributed by atoms with van der Waals surface area (Å²) in [5, 5.41) is 0. The van der Waals surface area contributed by atoms with Crippen molar-refractivity contribution in [3.05, 3.63) is 23.8 Å². The molecular weight excluding hydrogens is 226 g/mol. The molecule has 0 amide bonds. The summed E-state index contributed by atoms with van der Waals surface area (Å²) in [5.41, 5.74) is 1.24. The molecule has 3 nitrogen and oxygen atoms in total. The summed E-state index contributed by atoms with van der Waals surface area (Å²) in [7, 11) is 2.09. The van der Waals surface area contributed by atoms with Gasteiger partial charge >= 0.3 is 0 Å². The normalized spacial score (nSPS) is 13.4. The van der Waals surface area contributed by atoms with E-state index in [-0.39, 0.29) is 0 Å². The van der Waals surface area contributed by atoms with Crippen LogP contribution in [0.3, 0.4) is 0 Å². The zero-order valence-corrected chi connectivity index (χ0v) is 10.2. The minimum absolute atomic E-state index is 0.334. The Bertz CT molecular complexity index is 357. The molecule has 1 aromatic carbocycles. The highest BCUT2D eigenvalue weighted by Crippen LogP contribution is 2.32. The van der Waals surface area contributed by atoms with Gasteiger partial charge in [0.1, 0.15) is 0 Å². The summed E-state index contributed by atoms with van der Waals surface area (Å²) in [5.74, 6) is 2.40. The van der Waals surface area contributed by atoms with Crippen LogP contribution in [0, 0.1) is 0 Å². The van der Waals surface area contributed by atoms with Crippen molar-refractivity contribution in [2.24, 2.45) is 0 Å². The third-order valence-electron chi connectivity index (χ3n) is 2.56. The van der Waals surface area contributed by atoms with Gasteiger partial charge in [-0.25, -0.2) is 0 Å². The summed E-state index contributed by atoms with van der Waals surface area (Å²) in [4.78, 5) is 2.25. The Morgan fingerprint density at radius 1 is 1.31 bits per heavy atom. The Kier molecular flexibility index (Phi) is 3.91. The molecular formula is C12H16ClNO2. The van der Waals surface area contributed by atoms with Crippen LogP contribution in [0.1, 0.15) is 12.0 Å². The zero-order valence-electron chi connectivity index (χ0n) is 9.41. The highest BCUT2D eigenvalue weighted by molar-refractivity contribution is 6.17. The molecule has 0 radical (unpaired) electrons. The van der Waals surface area contributed by atoms with E-state index in [2.05, 4.69) is 18.0 Å². The van der Waals surface area contributed by atoms with Gasteiger partial charge < -0.3 is 14.4 Å². The van der Waals surface area contributed by atoms with Crippen LogP contribution in [0.25, 0.3) is 0 Å². The molecule has 4 heteroatoms. The summed E-state index contributed by atoms with van der Waals surface area (Å²) in [6, 6.07) is 6.08. The van der Waals surface area contributed by atoms with Crippen LogP contribution in [-0.4, -0.2) is 31.2 Å². The highest BCUT2D eigenvalue weighted by Gasteiger charge is 2.13. The molecule has 0 aromatic heterocycles. The van der Waals surface area contributed by atoms with Gasteiger partial charge in [-0.05, 0) is 37.7 Å². The first-order chi connectivity index (χ1) is 7.79. The first kappa shape index (κ1) is 11.6. The molecule has 16 heavy (non-hydrogen) atoms. The number of ether oxygens (including phenoxy) is 2. The van der Waals surface area contributed by atoms with E-state index in [1.54, 1.807) is 0 Å². The summed E-state index contributed by atoms with van der Waals surface area (Å²) >= 11 is 5.66. The smallest absolute Gasteiger partial charge is 0.231 e. The standard InChI is InChI=1S/C12H16ClNO2/c1-14(6-2-5-13)8-10-3-4-11-12(7-10)16-9-15-11/h3-4,7H,2,5-6,8-9H2,1H3. The van der Waals surface area contributed by atoms with Crippen molar-refractivity contribution in [2.75, 3.05) is 26.3 Å². The maximum Gasteiger partial charge on any atom is 0.231 e. The van der Waals surface area contributed by atoms with Crippen LogP contribution >= 0.6 is 11.6 Å². The molecule has 88 valence electrons. The third kappa shape index (κ3) is 2.80. The number of rotatable bonds is 5. The Morgan fingerprint density at radius 3 is 2.94 bits per heavy atom. The first-order valence-electron chi connectivity index (χ1n) is 5.42. The van der Waals surface area contributed by atoms with Crippen LogP contribution < -0.4 is 9.47 Å². The summed E-state index contributed by atoms with van der Waals surface area (Å²) in [6.07, 6.45) is 1.02. The molecule has 1 aliphatic heterocycles. The SMILES string of the molecule is CN(CCCCl)Cc1ccc2c(c1)OCO2. The van der Waals surface area contributed by atoms with Crippen molar-refractivity contribution in [3.63, 3.8) is 0 Å². The topological polar surface area (TPSA) is 21.7 Å². The Balaban J connectivity index is 1.94. The van der Waals surface area contributed by atoms with Crippen LogP contribution in [0.5, 0.6) is 11.5 Å². The van der Waals surface area contributed by atoms with Gasteiger partial charge in [-0.1, -0.05) is 6.07 Å². The van der Waals surface area contributed by atoms with Gasteiger partial charge in [0.15, 0.2) is 11.5 Å². The van der Waals surface area contributed by atoms with E-state index >= 15 is 0 Å². The molecule has 0 saturated heterocycles. The molecule has 0 bridgehead atoms. The number of alkyl halides is 1. The molecule has 1 aliphatic rings. The second-order valence-electron chi connectivity index (χ2n) is 3.97. The quantitative estimate of drug-likeness (QED) is 0.740. The predicted octanol–water partition coefficient (Wildman–Crippen LogP) is 2.48. The summed E-state index contributed by atoms with van der Waals surface area (Å²) < 4.78 is 10.6. The molecule has 1 heterocycles. The fourth-order valence-corrected chi connectivity index (χ4v) is 1.88. The number of hydrogen-bond donors (Lipinski definition) is 0. The molecule has 0 fully saturated rings. The van der Waals surface area contributed by atoms with Gasteiger partial charge in [0, 0.05) is 12.4 Å². The number of nitrogens with zero attached hydrogens (tertiary/aromatic N) is 1. The van der Waals surface area contributed by atoms with E-state index in [1.807, 2.05) is 12.1 Å². The average Bonchev–Trinajstić information content (AvgIpc) is 2.73. The maximum atomic E-state index is 5.66. The summed E-state index contributed by atoms with van der Waals surface area (Å²) in [6.45, 7) is 2.26. The van der Waals surface area contributed by atoms with Gasteiger partial charge in [0.2, 0.25) is 6.79 Å². The van der Waals surface area contributed by atoms with Crippen molar-refractivity contribution < 1.29 is 9.47 Å². The molecule has 0 saturated carbocycles. The highest BCUT2D eigenvalue weighted by atomic mass is 35.5. The fraction of sp³-hybridized carbons (Fsp3) is 0.500. The van der Waals surface area contributed by atoms with E-state index < -0.39 is 0 Å². The fourth-order valence-electron chi connectivity index (χ4n) is 1.76. The molecule has 0 atom stereocenters. The Labute approximate surface area is 101 Å². The van der Waals surface area contributed by atoms with Crippen LogP contribution in [0.15, 0.2) is 18.2 Å². The monoisotopic (exact) mass is 241 g/mol. The number of hydrogen-bond acceptors (Lipinski definition) is 3. The van der Waals surface area contributed by atoms with Crippen molar-refractivity contribution in [1.82, 2.24) is 4.90 Å². The molecule has 0 aliphatic carbocycles. The Hall–Kier alpha value is -0.930. The lowest BCUT2D eigenvalue weighted by Crippen LogP contribution is -2.19. The first-order valence-corrected chi connectivity index (χ1v) is 5.96. The second kappa shape index (κ2) is 5.41. The van der Waals surface area contributed by atoms with Crippen molar-refractivity contribution in [3.8, 4) is 11.5 Å². The van der Waals surface area contributed by atoms with E-state index in [1.165, 1.54) is 5.56 Å². The molecule has 0 unspecified atom stereocenters. The van der Waals surface area contributed by atoms with Gasteiger partial charge in [-0.2, -0.15) is 0 Å². The maximum absolute atomic E-state index is 5.66. The lowest BCUT2D eigenvalue weighted by atomic mass is 10.2. The third-order valence-corrected chi connectivity index (χ3v) is 2.83. The minimum atomic E-state index is 0.334. The Morgan fingerprint density at radius 2 is 2.12 bits per heavy atom. The number of benzene rings is 1. The second-order valence-corrected chi connectivity index (χ2v) is 4.35. The van der Waals surface area contributed by atoms with Gasteiger partial charge in [0.25, 0.3) is 0 Å². The van der Waals surface area contributed by atoms with Crippen molar-refractivity contribution >= 4 is 11.6 Å². The molecule has 0 N–H and O–H groups in total. The van der Waals surface area contributed by atoms with E-state index in [4.69, 9.17) is 21.1 Å². The largest absolute Gasteiger partial charge is 0.454 e. The van der Waals surface area contributed by atoms with Crippen molar-refractivity contribution in [1.29, 1.82) is 0 Å². The van der Waals surface area contributed by atoms with Crippen LogP contribution in [-0.2, 0) is 6.54 Å². The molecule has 1 aromatic rings. The lowest BCUT2D eigenvalue weighted by Gasteiger charge is -2.15. The average molecular weight is 242 g/mol. The number of halogens is 1. The number of fused-ring (bicyclic) bond motifs is 1. The van der Waals surface area contributed by atoms with Gasteiger partial charge in [-0.15, -0.1) is 11.6 Å². The van der Waals surface area contributed by atoms with E-state index in [0.717, 1.165) is 31.0 Å². The minimum Gasteiger partial charge on any atom is -0.454 e. The zero-order chi connectivity index (χ0) is 11.4. The van der Waals surface area contributed by atoms with Crippen LogP contribution in [0.2, 0.25) is 0 Å². The molecule has 0 spiro atoms. The lowest BCUT2D eigenvalue weighted by molar-refractivity contribution is 0.174. The van der Waals surface area contributed by atoms with Crippen LogP contribution in [0.4, 0.5) is 0 Å².